The average molecular weight is 375 g/mol. The molecule has 4 rings (SSSR count). The van der Waals surface area contributed by atoms with Crippen LogP contribution in [0.2, 0.25) is 0 Å². The lowest BCUT2D eigenvalue weighted by Crippen LogP contribution is -2.08. The van der Waals surface area contributed by atoms with Crippen LogP contribution < -0.4 is 5.32 Å². The lowest BCUT2D eigenvalue weighted by molar-refractivity contribution is 0.507. The van der Waals surface area contributed by atoms with Crippen molar-refractivity contribution in [1.82, 2.24) is 19.5 Å². The molecule has 5 nitrogen and oxygen atoms in total. The Balaban J connectivity index is 1.58. The van der Waals surface area contributed by atoms with E-state index in [1.165, 1.54) is 12.1 Å². The Morgan fingerprint density at radius 3 is 2.88 bits per heavy atom. The fourth-order valence-corrected chi connectivity index (χ4v) is 3.68. The zero-order valence-electron chi connectivity index (χ0n) is 14.5. The first-order valence-corrected chi connectivity index (χ1v) is 9.58. The van der Waals surface area contributed by atoms with Gasteiger partial charge in [-0.1, -0.05) is 24.8 Å². The van der Waals surface area contributed by atoms with E-state index in [-0.39, 0.29) is 12.0 Å². The number of benzene rings is 1. The Hall–Kier alpha value is -2.22. The number of aryl methyl sites for hydroxylation is 1. The number of hydrogen-bond donors (Lipinski definition) is 1. The molecular weight excluding hydrogens is 356 g/mol. The van der Waals surface area contributed by atoms with Crippen LogP contribution in [0.5, 0.6) is 0 Å². The standard InChI is InChI=1S/C18H19F2N5S/c1-3-6-26-18-23-16(15-17(24-18)25(2)9-21-15)22-14-8-11(14)10-4-5-12(19)13(20)7-10/h4-5,7,9,11,14H,3,6,8H2,1-2H3,(H,22,23,24)/t11-,14?/m0/s1. The maximum Gasteiger partial charge on any atom is 0.191 e. The minimum Gasteiger partial charge on any atom is -0.365 e. The highest BCUT2D eigenvalue weighted by Crippen LogP contribution is 2.43. The van der Waals surface area contributed by atoms with Crippen LogP contribution in [0.1, 0.15) is 31.2 Å². The predicted octanol–water partition coefficient (Wildman–Crippen LogP) is 4.11. The molecule has 0 spiro atoms. The van der Waals surface area contributed by atoms with E-state index in [1.807, 2.05) is 11.6 Å². The van der Waals surface area contributed by atoms with Gasteiger partial charge in [-0.25, -0.2) is 23.7 Å². The number of aromatic nitrogens is 4. The van der Waals surface area contributed by atoms with Gasteiger partial charge < -0.3 is 9.88 Å². The van der Waals surface area contributed by atoms with Crippen molar-refractivity contribution in [3.05, 3.63) is 41.7 Å². The molecule has 1 fully saturated rings. The summed E-state index contributed by atoms with van der Waals surface area (Å²) in [6.07, 6.45) is 3.61. The summed E-state index contributed by atoms with van der Waals surface area (Å²) in [5.74, 6) is 0.168. The van der Waals surface area contributed by atoms with Gasteiger partial charge in [0.05, 0.1) is 6.33 Å². The molecule has 26 heavy (non-hydrogen) atoms. The Bertz CT molecular complexity index is 958. The molecule has 0 bridgehead atoms. The lowest BCUT2D eigenvalue weighted by atomic mass is 10.1. The van der Waals surface area contributed by atoms with Crippen molar-refractivity contribution in [3.63, 3.8) is 0 Å². The van der Waals surface area contributed by atoms with Gasteiger partial charge in [-0.2, -0.15) is 0 Å². The molecule has 2 atom stereocenters. The normalized spacial score (nSPS) is 19.1. The smallest absolute Gasteiger partial charge is 0.191 e. The van der Waals surface area contributed by atoms with Gasteiger partial charge in [-0.05, 0) is 30.5 Å². The largest absolute Gasteiger partial charge is 0.365 e. The average Bonchev–Trinajstić information content (AvgIpc) is 3.29. The van der Waals surface area contributed by atoms with Gasteiger partial charge >= 0.3 is 0 Å². The number of nitrogens with zero attached hydrogens (tertiary/aromatic N) is 4. The number of anilines is 1. The summed E-state index contributed by atoms with van der Waals surface area (Å²) < 4.78 is 28.5. The van der Waals surface area contributed by atoms with Crippen molar-refractivity contribution in [2.45, 2.75) is 36.9 Å². The molecule has 2 aromatic heterocycles. The summed E-state index contributed by atoms with van der Waals surface area (Å²) in [7, 11) is 1.90. The zero-order valence-corrected chi connectivity index (χ0v) is 15.4. The summed E-state index contributed by atoms with van der Waals surface area (Å²) in [6, 6.07) is 4.23. The molecule has 1 aromatic carbocycles. The Morgan fingerprint density at radius 1 is 1.27 bits per heavy atom. The van der Waals surface area contributed by atoms with Crippen molar-refractivity contribution >= 4 is 28.7 Å². The first kappa shape index (κ1) is 17.2. The number of imidazole rings is 1. The van der Waals surface area contributed by atoms with Crippen LogP contribution >= 0.6 is 11.8 Å². The minimum absolute atomic E-state index is 0.129. The van der Waals surface area contributed by atoms with Crippen LogP contribution in [0.15, 0.2) is 29.7 Å². The first-order chi connectivity index (χ1) is 12.6. The number of fused-ring (bicyclic) bond motifs is 1. The molecular formula is C18H19F2N5S. The van der Waals surface area contributed by atoms with Gasteiger partial charge in [0.2, 0.25) is 0 Å². The van der Waals surface area contributed by atoms with Crippen molar-refractivity contribution in [2.75, 3.05) is 11.1 Å². The van der Waals surface area contributed by atoms with E-state index in [0.29, 0.717) is 5.82 Å². The van der Waals surface area contributed by atoms with Crippen LogP contribution in [0, 0.1) is 11.6 Å². The number of nitrogens with one attached hydrogen (secondary N) is 1. The van der Waals surface area contributed by atoms with Crippen LogP contribution in [-0.4, -0.2) is 31.3 Å². The van der Waals surface area contributed by atoms with Crippen LogP contribution in [0.25, 0.3) is 11.2 Å². The summed E-state index contributed by atoms with van der Waals surface area (Å²) in [5.41, 5.74) is 2.31. The molecule has 0 saturated heterocycles. The SMILES string of the molecule is CCCSc1nc(NC2C[C@H]2c2ccc(F)c(F)c2)c2ncn(C)c2n1. The maximum atomic E-state index is 13.5. The van der Waals surface area contributed by atoms with Gasteiger partial charge in [-0.3, -0.25) is 0 Å². The van der Waals surface area contributed by atoms with Crippen LogP contribution in [-0.2, 0) is 7.05 Å². The highest BCUT2D eigenvalue weighted by molar-refractivity contribution is 7.99. The monoisotopic (exact) mass is 375 g/mol. The molecule has 1 aliphatic carbocycles. The van der Waals surface area contributed by atoms with Crippen molar-refractivity contribution in [2.24, 2.45) is 7.05 Å². The van der Waals surface area contributed by atoms with Crippen LogP contribution in [0.3, 0.4) is 0 Å². The Morgan fingerprint density at radius 2 is 2.12 bits per heavy atom. The van der Waals surface area contributed by atoms with Gasteiger partial charge in [0.25, 0.3) is 0 Å². The lowest BCUT2D eigenvalue weighted by Gasteiger charge is -2.08. The van der Waals surface area contributed by atoms with Gasteiger partial charge in [0, 0.05) is 24.8 Å². The van der Waals surface area contributed by atoms with Crippen molar-refractivity contribution in [1.29, 1.82) is 0 Å². The summed E-state index contributed by atoms with van der Waals surface area (Å²) in [4.78, 5) is 13.6. The molecule has 1 unspecified atom stereocenters. The van der Waals surface area contributed by atoms with Crippen molar-refractivity contribution in [3.8, 4) is 0 Å². The quantitative estimate of drug-likeness (QED) is 0.519. The molecule has 0 radical (unpaired) electrons. The van der Waals surface area contributed by atoms with E-state index in [1.54, 1.807) is 24.2 Å². The third kappa shape index (κ3) is 3.25. The van der Waals surface area contributed by atoms with E-state index in [4.69, 9.17) is 0 Å². The molecule has 1 saturated carbocycles. The zero-order chi connectivity index (χ0) is 18.3. The highest BCUT2D eigenvalue weighted by atomic mass is 32.2. The third-order valence-electron chi connectivity index (χ3n) is 4.46. The number of hydrogen-bond acceptors (Lipinski definition) is 5. The molecule has 3 aromatic rings. The second-order valence-electron chi connectivity index (χ2n) is 6.50. The van der Waals surface area contributed by atoms with E-state index in [2.05, 4.69) is 27.2 Å². The molecule has 8 heteroatoms. The molecule has 2 heterocycles. The first-order valence-electron chi connectivity index (χ1n) is 8.60. The molecule has 136 valence electrons. The summed E-state index contributed by atoms with van der Waals surface area (Å²) in [6.45, 7) is 2.12. The Kier molecular flexibility index (Phi) is 4.52. The van der Waals surface area contributed by atoms with Gasteiger partial charge in [0.1, 0.15) is 0 Å². The second kappa shape index (κ2) is 6.83. The van der Waals surface area contributed by atoms with E-state index in [0.717, 1.165) is 40.5 Å². The number of thioether (sulfide) groups is 1. The summed E-state index contributed by atoms with van der Waals surface area (Å²) >= 11 is 1.62. The highest BCUT2D eigenvalue weighted by Gasteiger charge is 2.39. The molecule has 1 N–H and O–H groups in total. The third-order valence-corrected chi connectivity index (χ3v) is 5.51. The van der Waals surface area contributed by atoms with E-state index < -0.39 is 11.6 Å². The fourth-order valence-electron chi connectivity index (χ4n) is 2.99. The summed E-state index contributed by atoms with van der Waals surface area (Å²) in [5, 5.41) is 4.13. The van der Waals surface area contributed by atoms with Crippen molar-refractivity contribution < 1.29 is 8.78 Å². The minimum atomic E-state index is -0.817. The predicted molar refractivity (Wildman–Crippen MR) is 98.4 cm³/mol. The topological polar surface area (TPSA) is 55.6 Å². The van der Waals surface area contributed by atoms with Gasteiger partial charge in [0.15, 0.2) is 33.8 Å². The fraction of sp³-hybridized carbons (Fsp3) is 0.389. The van der Waals surface area contributed by atoms with E-state index >= 15 is 0 Å². The second-order valence-corrected chi connectivity index (χ2v) is 7.56. The molecule has 0 aliphatic heterocycles. The molecule has 1 aliphatic rings. The maximum absolute atomic E-state index is 13.5. The van der Waals surface area contributed by atoms with Crippen LogP contribution in [0.4, 0.5) is 14.6 Å². The van der Waals surface area contributed by atoms with Gasteiger partial charge in [-0.15, -0.1) is 0 Å². The number of halogens is 2. The van der Waals surface area contributed by atoms with E-state index in [9.17, 15) is 8.78 Å². The number of rotatable bonds is 6. The molecule has 0 amide bonds. The Labute approximate surface area is 154 Å².